The van der Waals surface area contributed by atoms with Gasteiger partial charge in [-0.15, -0.1) is 0 Å². The van der Waals surface area contributed by atoms with Crippen LogP contribution in [0.5, 0.6) is 28.7 Å². The van der Waals surface area contributed by atoms with E-state index in [4.69, 9.17) is 23.7 Å². The number of rotatable bonds is 11. The molecule has 3 amide bonds. The molecule has 206 valence electrons. The van der Waals surface area contributed by atoms with Crippen LogP contribution in [0.15, 0.2) is 54.6 Å². The Bertz CT molecular complexity index is 1320. The summed E-state index contributed by atoms with van der Waals surface area (Å²) in [4.78, 5) is 38.2. The van der Waals surface area contributed by atoms with E-state index in [0.717, 1.165) is 0 Å². The summed E-state index contributed by atoms with van der Waals surface area (Å²) in [5.74, 6) is 0.326. The molecule has 0 aliphatic heterocycles. The van der Waals surface area contributed by atoms with Gasteiger partial charge in [0, 0.05) is 22.4 Å². The zero-order valence-electron chi connectivity index (χ0n) is 22.4. The zero-order valence-corrected chi connectivity index (χ0v) is 22.4. The normalized spacial score (nSPS) is 10.2. The molecule has 0 heterocycles. The predicted molar refractivity (Wildman–Crippen MR) is 144 cm³/mol. The maximum absolute atomic E-state index is 12.8. The molecule has 0 saturated carbocycles. The van der Waals surface area contributed by atoms with E-state index in [2.05, 4.69) is 16.2 Å². The molecule has 3 aromatic carbocycles. The van der Waals surface area contributed by atoms with Crippen molar-refractivity contribution in [1.29, 1.82) is 0 Å². The number of methoxy groups -OCH3 is 3. The average molecular weight is 538 g/mol. The minimum atomic E-state index is -0.604. The second-order valence-corrected chi connectivity index (χ2v) is 7.88. The van der Waals surface area contributed by atoms with Gasteiger partial charge in [0.25, 0.3) is 17.7 Å². The third-order valence-electron chi connectivity index (χ3n) is 5.40. The molecule has 0 radical (unpaired) electrons. The van der Waals surface area contributed by atoms with Crippen LogP contribution in [0.3, 0.4) is 0 Å². The molecule has 0 bridgehead atoms. The van der Waals surface area contributed by atoms with Gasteiger partial charge in [-0.2, -0.15) is 0 Å². The number of carbonyl (C=O) groups excluding carboxylic acids is 3. The first kappa shape index (κ1) is 28.6. The summed E-state index contributed by atoms with van der Waals surface area (Å²) in [7, 11) is 4.31. The number of hydrazine groups is 1. The third-order valence-corrected chi connectivity index (χ3v) is 5.40. The number of amides is 3. The van der Waals surface area contributed by atoms with Crippen LogP contribution >= 0.6 is 0 Å². The van der Waals surface area contributed by atoms with Crippen molar-refractivity contribution in [2.75, 3.05) is 39.9 Å². The molecule has 3 rings (SSSR count). The van der Waals surface area contributed by atoms with E-state index in [9.17, 15) is 14.4 Å². The van der Waals surface area contributed by atoms with E-state index in [1.807, 2.05) is 13.8 Å². The van der Waals surface area contributed by atoms with E-state index < -0.39 is 17.7 Å². The lowest BCUT2D eigenvalue weighted by molar-refractivity contribution is 0.0846. The monoisotopic (exact) mass is 537 g/mol. The van der Waals surface area contributed by atoms with E-state index in [-0.39, 0.29) is 22.6 Å². The summed E-state index contributed by atoms with van der Waals surface area (Å²) >= 11 is 0. The molecule has 39 heavy (non-hydrogen) atoms. The molecular weight excluding hydrogens is 506 g/mol. The summed E-state index contributed by atoms with van der Waals surface area (Å²) in [5, 5.41) is 2.76. The topological polar surface area (TPSA) is 133 Å². The van der Waals surface area contributed by atoms with Gasteiger partial charge >= 0.3 is 0 Å². The van der Waals surface area contributed by atoms with E-state index in [0.29, 0.717) is 41.7 Å². The van der Waals surface area contributed by atoms with Gasteiger partial charge in [-0.1, -0.05) is 6.07 Å². The number of hydrogen-bond donors (Lipinski definition) is 3. The number of hydrogen-bond acceptors (Lipinski definition) is 8. The van der Waals surface area contributed by atoms with Crippen molar-refractivity contribution in [3.05, 3.63) is 71.3 Å². The Balaban J connectivity index is 1.68. The fourth-order valence-electron chi connectivity index (χ4n) is 3.60. The van der Waals surface area contributed by atoms with Crippen LogP contribution in [0.1, 0.15) is 44.9 Å². The first-order chi connectivity index (χ1) is 18.8. The number of ether oxygens (including phenoxy) is 5. The summed E-state index contributed by atoms with van der Waals surface area (Å²) in [5.41, 5.74) is 5.83. The second kappa shape index (κ2) is 13.6. The predicted octanol–water partition coefficient (Wildman–Crippen LogP) is 3.84. The molecule has 3 N–H and O–H groups in total. The highest BCUT2D eigenvalue weighted by Crippen LogP contribution is 2.38. The molecule has 0 aromatic heterocycles. The van der Waals surface area contributed by atoms with Gasteiger partial charge in [-0.05, 0) is 62.4 Å². The standard InChI is InChI=1S/C28H31N3O8/c1-6-38-21-12-11-18(14-22(21)39-7-2)26(32)29-20-10-8-9-17(13-20)27(33)30-31-28(34)19-15-23(35-3)25(37-5)24(16-19)36-4/h8-16H,6-7H2,1-5H3,(H,29,32)(H,30,33)(H,31,34). The molecule has 0 spiro atoms. The maximum Gasteiger partial charge on any atom is 0.269 e. The molecule has 11 nitrogen and oxygen atoms in total. The van der Waals surface area contributed by atoms with Gasteiger partial charge in [0.1, 0.15) is 0 Å². The smallest absolute Gasteiger partial charge is 0.269 e. The Hall–Kier alpha value is -4.93. The highest BCUT2D eigenvalue weighted by Gasteiger charge is 2.18. The third kappa shape index (κ3) is 7.10. The Morgan fingerprint density at radius 2 is 1.18 bits per heavy atom. The fourth-order valence-corrected chi connectivity index (χ4v) is 3.60. The summed E-state index contributed by atoms with van der Waals surface area (Å²) < 4.78 is 26.9. The molecule has 11 heteroatoms. The zero-order chi connectivity index (χ0) is 28.4. The summed E-state index contributed by atoms with van der Waals surface area (Å²) in [6.45, 7) is 4.58. The highest BCUT2D eigenvalue weighted by molar-refractivity contribution is 6.05. The van der Waals surface area contributed by atoms with Crippen LogP contribution in [0, 0.1) is 0 Å². The quantitative estimate of drug-likeness (QED) is 0.314. The average Bonchev–Trinajstić information content (AvgIpc) is 2.96. The number of anilines is 1. The van der Waals surface area contributed by atoms with Crippen LogP contribution in [0.4, 0.5) is 5.69 Å². The van der Waals surface area contributed by atoms with Gasteiger partial charge in [0.05, 0.1) is 34.5 Å². The summed E-state index contributed by atoms with van der Waals surface area (Å²) in [6.07, 6.45) is 0. The molecule has 0 fully saturated rings. The van der Waals surface area contributed by atoms with Crippen molar-refractivity contribution in [1.82, 2.24) is 10.9 Å². The Kier molecular flexibility index (Phi) is 9.96. The molecule has 0 atom stereocenters. The van der Waals surface area contributed by atoms with E-state index in [1.165, 1.54) is 39.5 Å². The van der Waals surface area contributed by atoms with Crippen LogP contribution < -0.4 is 39.9 Å². The van der Waals surface area contributed by atoms with E-state index >= 15 is 0 Å². The van der Waals surface area contributed by atoms with Crippen molar-refractivity contribution in [2.24, 2.45) is 0 Å². The lowest BCUT2D eigenvalue weighted by atomic mass is 10.1. The Morgan fingerprint density at radius 1 is 0.615 bits per heavy atom. The minimum absolute atomic E-state index is 0.174. The molecule has 0 unspecified atom stereocenters. The lowest BCUT2D eigenvalue weighted by Gasteiger charge is -2.14. The molecule has 0 aliphatic carbocycles. The fraction of sp³-hybridized carbons (Fsp3) is 0.250. The van der Waals surface area contributed by atoms with Crippen molar-refractivity contribution in [3.63, 3.8) is 0 Å². The summed E-state index contributed by atoms with van der Waals surface area (Å²) in [6, 6.07) is 14.1. The molecule has 0 aliphatic rings. The van der Waals surface area contributed by atoms with Gasteiger partial charge in [-0.3, -0.25) is 25.2 Å². The van der Waals surface area contributed by atoms with Gasteiger partial charge < -0.3 is 29.0 Å². The van der Waals surface area contributed by atoms with Gasteiger partial charge in [0.15, 0.2) is 23.0 Å². The largest absolute Gasteiger partial charge is 0.493 e. The SMILES string of the molecule is CCOc1ccc(C(=O)Nc2cccc(C(=O)NNC(=O)c3cc(OC)c(OC)c(OC)c3)c2)cc1OCC. The van der Waals surface area contributed by atoms with Crippen LogP contribution in [0.2, 0.25) is 0 Å². The minimum Gasteiger partial charge on any atom is -0.493 e. The highest BCUT2D eigenvalue weighted by atomic mass is 16.5. The van der Waals surface area contributed by atoms with Crippen molar-refractivity contribution >= 4 is 23.4 Å². The Labute approximate surface area is 226 Å². The maximum atomic E-state index is 12.8. The first-order valence-corrected chi connectivity index (χ1v) is 12.1. The van der Waals surface area contributed by atoms with Crippen LogP contribution in [-0.2, 0) is 0 Å². The first-order valence-electron chi connectivity index (χ1n) is 12.1. The van der Waals surface area contributed by atoms with Crippen molar-refractivity contribution in [2.45, 2.75) is 13.8 Å². The second-order valence-electron chi connectivity index (χ2n) is 7.88. The molecule has 3 aromatic rings. The van der Waals surface area contributed by atoms with Gasteiger partial charge in [-0.25, -0.2) is 0 Å². The number of carbonyl (C=O) groups is 3. The van der Waals surface area contributed by atoms with Crippen molar-refractivity contribution < 1.29 is 38.1 Å². The van der Waals surface area contributed by atoms with Crippen LogP contribution in [-0.4, -0.2) is 52.3 Å². The molecule has 0 saturated heterocycles. The van der Waals surface area contributed by atoms with Gasteiger partial charge in [0.2, 0.25) is 5.75 Å². The number of benzene rings is 3. The number of nitrogens with one attached hydrogen (secondary N) is 3. The lowest BCUT2D eigenvalue weighted by Crippen LogP contribution is -2.41. The van der Waals surface area contributed by atoms with Crippen molar-refractivity contribution in [3.8, 4) is 28.7 Å². The van der Waals surface area contributed by atoms with E-state index in [1.54, 1.807) is 36.4 Å². The molecular formula is C28H31N3O8. The Morgan fingerprint density at radius 3 is 1.77 bits per heavy atom. The van der Waals surface area contributed by atoms with Crippen LogP contribution in [0.25, 0.3) is 0 Å².